The summed E-state index contributed by atoms with van der Waals surface area (Å²) in [6, 6.07) is 12.4. The zero-order valence-electron chi connectivity index (χ0n) is 14.3. The molecule has 5 nitrogen and oxygen atoms in total. The highest BCUT2D eigenvalue weighted by Crippen LogP contribution is 2.26. The molecule has 1 N–H and O–H groups in total. The molecule has 0 aliphatic heterocycles. The van der Waals surface area contributed by atoms with Crippen LogP contribution in [0.5, 0.6) is 5.75 Å². The van der Waals surface area contributed by atoms with Crippen molar-refractivity contribution in [3.63, 3.8) is 0 Å². The number of benzene rings is 2. The third kappa shape index (κ3) is 3.25. The molecule has 0 saturated carbocycles. The Morgan fingerprint density at radius 1 is 1.00 bits per heavy atom. The first-order chi connectivity index (χ1) is 13.5. The number of hydrogen-bond donors (Lipinski definition) is 1. The van der Waals surface area contributed by atoms with E-state index in [0.717, 1.165) is 6.07 Å². The minimum absolute atomic E-state index is 0.0613. The third-order valence-electron chi connectivity index (χ3n) is 4.15. The number of rotatable bonds is 3. The Bertz CT molecular complexity index is 1250. The predicted molar refractivity (Wildman–Crippen MR) is 99.1 cm³/mol. The van der Waals surface area contributed by atoms with E-state index in [1.807, 2.05) is 0 Å². The molecule has 2 aromatic heterocycles. The van der Waals surface area contributed by atoms with E-state index in [0.29, 0.717) is 16.8 Å². The van der Waals surface area contributed by atoms with Crippen molar-refractivity contribution < 1.29 is 18.3 Å². The number of nitrogens with one attached hydrogen (secondary N) is 1. The Kier molecular flexibility index (Phi) is 4.41. The fourth-order valence-electron chi connectivity index (χ4n) is 2.81. The quantitative estimate of drug-likeness (QED) is 0.431. The molecule has 28 heavy (non-hydrogen) atoms. The fraction of sp³-hybridized carbons (Fsp3) is 0. The predicted octanol–water partition coefficient (Wildman–Crippen LogP) is 4.09. The number of hydrogen-bond acceptors (Lipinski definition) is 4. The van der Waals surface area contributed by atoms with Gasteiger partial charge in [-0.05, 0) is 42.5 Å². The minimum atomic E-state index is -0.782. The van der Waals surface area contributed by atoms with Crippen LogP contribution in [-0.2, 0) is 0 Å². The number of nitrogens with zero attached hydrogens (tertiary/aromatic N) is 1. The van der Waals surface area contributed by atoms with Crippen LogP contribution in [-0.4, -0.2) is 15.9 Å². The Morgan fingerprint density at radius 2 is 1.86 bits per heavy atom. The van der Waals surface area contributed by atoms with Gasteiger partial charge in [0.2, 0.25) is 0 Å². The van der Waals surface area contributed by atoms with Crippen LogP contribution in [0.2, 0.25) is 0 Å². The van der Waals surface area contributed by atoms with Crippen LogP contribution in [0.1, 0.15) is 10.4 Å². The Labute approximate surface area is 157 Å². The van der Waals surface area contributed by atoms with Gasteiger partial charge in [0.05, 0.1) is 16.5 Å². The summed E-state index contributed by atoms with van der Waals surface area (Å²) in [5, 5.41) is -0.0613. The van der Waals surface area contributed by atoms with Crippen molar-refractivity contribution in [2.75, 3.05) is 0 Å². The number of halogens is 2. The molecule has 7 heteroatoms. The van der Waals surface area contributed by atoms with Crippen LogP contribution < -0.4 is 10.2 Å². The number of esters is 1. The van der Waals surface area contributed by atoms with Crippen LogP contribution in [0.4, 0.5) is 8.78 Å². The number of ether oxygens (including phenoxy) is 1. The molecule has 0 atom stereocenters. The molecular weight excluding hydrogens is 366 g/mol. The third-order valence-corrected chi connectivity index (χ3v) is 4.15. The topological polar surface area (TPSA) is 72.1 Å². The lowest BCUT2D eigenvalue weighted by Crippen LogP contribution is -2.10. The van der Waals surface area contributed by atoms with Gasteiger partial charge in [-0.15, -0.1) is 0 Å². The van der Waals surface area contributed by atoms with Gasteiger partial charge >= 0.3 is 5.97 Å². The molecule has 2 aromatic carbocycles. The monoisotopic (exact) mass is 378 g/mol. The molecule has 0 radical (unpaired) electrons. The molecule has 138 valence electrons. The van der Waals surface area contributed by atoms with Crippen LogP contribution in [0.25, 0.3) is 22.2 Å². The number of pyridine rings is 2. The molecule has 0 unspecified atom stereocenters. The highest BCUT2D eigenvalue weighted by Gasteiger charge is 2.14. The number of carbonyl (C=O) groups excluding carboxylic acids is 1. The summed E-state index contributed by atoms with van der Waals surface area (Å²) in [7, 11) is 0. The van der Waals surface area contributed by atoms with Gasteiger partial charge in [0.25, 0.3) is 0 Å². The first kappa shape index (κ1) is 17.5. The fourth-order valence-corrected chi connectivity index (χ4v) is 2.81. The number of carbonyl (C=O) groups is 1. The number of fused-ring (bicyclic) bond motifs is 1. The summed E-state index contributed by atoms with van der Waals surface area (Å²) in [6.07, 6.45) is 2.82. The van der Waals surface area contributed by atoms with E-state index in [2.05, 4.69) is 9.97 Å². The van der Waals surface area contributed by atoms with Crippen molar-refractivity contribution >= 4 is 16.9 Å². The largest absolute Gasteiger partial charge is 0.420 e. The Morgan fingerprint density at radius 3 is 2.61 bits per heavy atom. The van der Waals surface area contributed by atoms with Crippen LogP contribution in [0, 0.1) is 11.6 Å². The van der Waals surface area contributed by atoms with Gasteiger partial charge in [0.15, 0.2) is 17.0 Å². The highest BCUT2D eigenvalue weighted by molar-refractivity contribution is 5.90. The molecule has 0 aliphatic carbocycles. The highest BCUT2D eigenvalue weighted by atomic mass is 19.1. The van der Waals surface area contributed by atoms with Crippen LogP contribution in [0.3, 0.4) is 0 Å². The summed E-state index contributed by atoms with van der Waals surface area (Å²) >= 11 is 0. The maximum Gasteiger partial charge on any atom is 0.345 e. The van der Waals surface area contributed by atoms with Crippen molar-refractivity contribution in [2.24, 2.45) is 0 Å². The second-order valence-corrected chi connectivity index (χ2v) is 5.99. The van der Waals surface area contributed by atoms with Crippen LogP contribution >= 0.6 is 0 Å². The maximum absolute atomic E-state index is 14.4. The summed E-state index contributed by atoms with van der Waals surface area (Å²) in [4.78, 5) is 31.0. The van der Waals surface area contributed by atoms with E-state index in [1.54, 1.807) is 12.1 Å². The van der Waals surface area contributed by atoms with Gasteiger partial charge in [-0.2, -0.15) is 0 Å². The van der Waals surface area contributed by atoms with Crippen molar-refractivity contribution in [1.82, 2.24) is 9.97 Å². The lowest BCUT2D eigenvalue weighted by atomic mass is 10.1. The maximum atomic E-state index is 14.4. The summed E-state index contributed by atoms with van der Waals surface area (Å²) in [5.74, 6) is -2.41. The lowest BCUT2D eigenvalue weighted by molar-refractivity contribution is 0.0727. The second kappa shape index (κ2) is 7.03. The van der Waals surface area contributed by atoms with Crippen LogP contribution in [0.15, 0.2) is 71.8 Å². The average Bonchev–Trinajstić information content (AvgIpc) is 2.70. The summed E-state index contributed by atoms with van der Waals surface area (Å²) < 4.78 is 33.3. The zero-order chi connectivity index (χ0) is 19.7. The minimum Gasteiger partial charge on any atom is -0.420 e. The van der Waals surface area contributed by atoms with Crippen molar-refractivity contribution in [3.8, 4) is 17.0 Å². The van der Waals surface area contributed by atoms with Gasteiger partial charge in [-0.1, -0.05) is 6.07 Å². The molecule has 4 rings (SSSR count). The van der Waals surface area contributed by atoms with Crippen molar-refractivity contribution in [3.05, 3.63) is 94.4 Å². The van der Waals surface area contributed by atoms with E-state index < -0.39 is 23.0 Å². The average molecular weight is 378 g/mol. The lowest BCUT2D eigenvalue weighted by Gasteiger charge is -2.09. The summed E-state index contributed by atoms with van der Waals surface area (Å²) in [6.45, 7) is 0. The molecule has 0 saturated heterocycles. The van der Waals surface area contributed by atoms with Crippen molar-refractivity contribution in [1.29, 1.82) is 0 Å². The van der Waals surface area contributed by atoms with Gasteiger partial charge in [-0.3, -0.25) is 9.78 Å². The van der Waals surface area contributed by atoms with Gasteiger partial charge < -0.3 is 9.72 Å². The molecule has 2 heterocycles. The standard InChI is InChI=1S/C21H12F2N2O3/c22-14-4-1-5-16-20(14)18(26)10-17(25-16)12-6-7-19(15(23)9-12)28-21(27)13-3-2-8-24-11-13/h1-11H,(H,25,26). The second-order valence-electron chi connectivity index (χ2n) is 5.99. The van der Waals surface area contributed by atoms with Gasteiger partial charge in [0.1, 0.15) is 5.82 Å². The zero-order valence-corrected chi connectivity index (χ0v) is 14.3. The Hall–Kier alpha value is -3.87. The molecular formula is C21H12F2N2O3. The molecule has 0 amide bonds. The summed E-state index contributed by atoms with van der Waals surface area (Å²) in [5.41, 5.74) is 0.630. The van der Waals surface area contributed by atoms with Gasteiger partial charge in [-0.25, -0.2) is 13.6 Å². The molecule has 0 fully saturated rings. The molecule has 4 aromatic rings. The normalized spacial score (nSPS) is 10.8. The van der Waals surface area contributed by atoms with E-state index in [-0.39, 0.29) is 16.7 Å². The molecule has 0 aliphatic rings. The number of aromatic nitrogens is 2. The first-order valence-corrected chi connectivity index (χ1v) is 8.26. The van der Waals surface area contributed by atoms with E-state index >= 15 is 0 Å². The Balaban J connectivity index is 1.68. The van der Waals surface area contributed by atoms with E-state index in [1.165, 1.54) is 48.8 Å². The van der Waals surface area contributed by atoms with E-state index in [9.17, 15) is 18.4 Å². The number of H-pyrrole nitrogens is 1. The van der Waals surface area contributed by atoms with Gasteiger partial charge in [0, 0.05) is 29.7 Å². The van der Waals surface area contributed by atoms with E-state index in [4.69, 9.17) is 4.74 Å². The first-order valence-electron chi connectivity index (χ1n) is 8.26. The SMILES string of the molecule is O=C(Oc1ccc(-c2cc(=O)c3c(F)cccc3[nH]2)cc1F)c1cccnc1. The smallest absolute Gasteiger partial charge is 0.345 e. The number of aromatic amines is 1. The van der Waals surface area contributed by atoms with Crippen molar-refractivity contribution in [2.45, 2.75) is 0 Å². The molecule has 0 bridgehead atoms. The molecule has 0 spiro atoms.